The summed E-state index contributed by atoms with van der Waals surface area (Å²) >= 11 is 0. The van der Waals surface area contributed by atoms with Gasteiger partial charge < -0.3 is 14.5 Å². The van der Waals surface area contributed by atoms with Gasteiger partial charge in [0.05, 0.1) is 19.3 Å². The molecule has 0 aliphatic rings. The van der Waals surface area contributed by atoms with E-state index in [1.807, 2.05) is 0 Å². The summed E-state index contributed by atoms with van der Waals surface area (Å²) in [5, 5.41) is 3.06. The van der Waals surface area contributed by atoms with Crippen molar-refractivity contribution in [2.45, 2.75) is 6.54 Å². The van der Waals surface area contributed by atoms with Crippen LogP contribution in [0.15, 0.2) is 28.8 Å². The van der Waals surface area contributed by atoms with Gasteiger partial charge in [-0.2, -0.15) is 0 Å². The van der Waals surface area contributed by atoms with Crippen LogP contribution in [0.5, 0.6) is 0 Å². The summed E-state index contributed by atoms with van der Waals surface area (Å²) in [6, 6.07) is 3.21. The third-order valence-electron chi connectivity index (χ3n) is 2.46. The Morgan fingerprint density at radius 2 is 2.00 bits per heavy atom. The Labute approximate surface area is 109 Å². The number of methoxy groups -OCH3 is 1. The fraction of sp³-hybridized carbons (Fsp3) is 0.308. The highest BCUT2D eigenvalue weighted by Crippen LogP contribution is 2.22. The lowest BCUT2D eigenvalue weighted by atomic mass is 10.2. The molecule has 1 heterocycles. The molecule has 0 spiro atoms. The second-order valence-electron chi connectivity index (χ2n) is 3.95. The average Bonchev–Trinajstić information content (AvgIpc) is 2.82. The summed E-state index contributed by atoms with van der Waals surface area (Å²) in [5.41, 5.74) is 0.327. The van der Waals surface area contributed by atoms with Crippen LogP contribution < -0.4 is 5.32 Å². The largest absolute Gasteiger partial charge is 0.439 e. The zero-order valence-corrected chi connectivity index (χ0v) is 10.5. The van der Waals surface area contributed by atoms with Crippen molar-refractivity contribution in [1.29, 1.82) is 0 Å². The molecule has 0 aliphatic carbocycles. The van der Waals surface area contributed by atoms with Crippen molar-refractivity contribution >= 4 is 0 Å². The summed E-state index contributed by atoms with van der Waals surface area (Å²) in [6.07, 6.45) is 1.45. The number of halogens is 2. The minimum Gasteiger partial charge on any atom is -0.439 e. The first-order valence-electron chi connectivity index (χ1n) is 5.80. The van der Waals surface area contributed by atoms with Gasteiger partial charge in [0.25, 0.3) is 0 Å². The average molecular weight is 268 g/mol. The molecule has 0 aliphatic heterocycles. The number of oxazole rings is 1. The Morgan fingerprint density at radius 1 is 1.26 bits per heavy atom. The van der Waals surface area contributed by atoms with Gasteiger partial charge in [-0.3, -0.25) is 0 Å². The molecule has 4 nitrogen and oxygen atoms in total. The number of hydrogen-bond donors (Lipinski definition) is 1. The molecule has 0 atom stereocenters. The van der Waals surface area contributed by atoms with Crippen LogP contribution in [-0.4, -0.2) is 25.2 Å². The lowest BCUT2D eigenvalue weighted by Crippen LogP contribution is -2.18. The monoisotopic (exact) mass is 268 g/mol. The van der Waals surface area contributed by atoms with E-state index in [9.17, 15) is 8.78 Å². The first-order chi connectivity index (χ1) is 9.19. The SMILES string of the molecule is COCCNCc1ncc(-c2cc(F)cc(F)c2)o1. The van der Waals surface area contributed by atoms with Gasteiger partial charge in [0.2, 0.25) is 5.89 Å². The Hall–Kier alpha value is -1.79. The van der Waals surface area contributed by atoms with E-state index in [4.69, 9.17) is 9.15 Å². The van der Waals surface area contributed by atoms with E-state index in [1.54, 1.807) is 7.11 Å². The van der Waals surface area contributed by atoms with Crippen LogP contribution in [0.1, 0.15) is 5.89 Å². The molecule has 2 rings (SSSR count). The highest BCUT2D eigenvalue weighted by atomic mass is 19.1. The number of aromatic nitrogens is 1. The van der Waals surface area contributed by atoms with Crippen molar-refractivity contribution in [3.63, 3.8) is 0 Å². The molecule has 0 saturated carbocycles. The van der Waals surface area contributed by atoms with E-state index in [-0.39, 0.29) is 0 Å². The minimum absolute atomic E-state index is 0.327. The Balaban J connectivity index is 2.03. The van der Waals surface area contributed by atoms with E-state index < -0.39 is 11.6 Å². The van der Waals surface area contributed by atoms with E-state index in [0.29, 0.717) is 36.9 Å². The van der Waals surface area contributed by atoms with Crippen molar-refractivity contribution in [3.05, 3.63) is 41.9 Å². The molecule has 0 saturated heterocycles. The molecule has 0 radical (unpaired) electrons. The summed E-state index contributed by atoms with van der Waals surface area (Å²) in [6.45, 7) is 1.69. The topological polar surface area (TPSA) is 47.3 Å². The van der Waals surface area contributed by atoms with Crippen LogP contribution in [0.3, 0.4) is 0 Å². The van der Waals surface area contributed by atoms with Gasteiger partial charge in [-0.25, -0.2) is 13.8 Å². The van der Waals surface area contributed by atoms with Gasteiger partial charge >= 0.3 is 0 Å². The summed E-state index contributed by atoms with van der Waals surface area (Å²) in [5.74, 6) is -0.505. The molecule has 1 N–H and O–H groups in total. The smallest absolute Gasteiger partial charge is 0.208 e. The lowest BCUT2D eigenvalue weighted by Gasteiger charge is -2.00. The van der Waals surface area contributed by atoms with Gasteiger partial charge in [0, 0.05) is 25.3 Å². The van der Waals surface area contributed by atoms with Crippen LogP contribution in [0.25, 0.3) is 11.3 Å². The zero-order chi connectivity index (χ0) is 13.7. The van der Waals surface area contributed by atoms with E-state index in [1.165, 1.54) is 18.3 Å². The molecular weight excluding hydrogens is 254 g/mol. The fourth-order valence-electron chi connectivity index (χ4n) is 1.59. The van der Waals surface area contributed by atoms with Gasteiger partial charge in [-0.15, -0.1) is 0 Å². The molecule has 0 fully saturated rings. The molecule has 0 bridgehead atoms. The predicted octanol–water partition coefficient (Wildman–Crippen LogP) is 2.36. The van der Waals surface area contributed by atoms with Crippen molar-refractivity contribution in [1.82, 2.24) is 10.3 Å². The molecular formula is C13H14F2N2O2. The van der Waals surface area contributed by atoms with Gasteiger partial charge in [-0.1, -0.05) is 0 Å². The Bertz CT molecular complexity index is 523. The van der Waals surface area contributed by atoms with Crippen molar-refractivity contribution in [3.8, 4) is 11.3 Å². The predicted molar refractivity (Wildman–Crippen MR) is 65.4 cm³/mol. The highest BCUT2D eigenvalue weighted by Gasteiger charge is 2.09. The second kappa shape index (κ2) is 6.40. The van der Waals surface area contributed by atoms with Crippen molar-refractivity contribution in [2.75, 3.05) is 20.3 Å². The lowest BCUT2D eigenvalue weighted by molar-refractivity contribution is 0.198. The Kier molecular flexibility index (Phi) is 4.59. The number of nitrogens with one attached hydrogen (secondary N) is 1. The van der Waals surface area contributed by atoms with Gasteiger partial charge in [-0.05, 0) is 12.1 Å². The number of benzene rings is 1. The number of ether oxygens (including phenoxy) is 1. The summed E-state index contributed by atoms with van der Waals surface area (Å²) in [7, 11) is 1.61. The van der Waals surface area contributed by atoms with E-state index >= 15 is 0 Å². The maximum atomic E-state index is 13.1. The third-order valence-corrected chi connectivity index (χ3v) is 2.46. The van der Waals surface area contributed by atoms with Gasteiger partial charge in [0.15, 0.2) is 5.76 Å². The summed E-state index contributed by atoms with van der Waals surface area (Å²) in [4.78, 5) is 4.03. The first kappa shape index (κ1) is 13.6. The molecule has 2 aromatic rings. The maximum Gasteiger partial charge on any atom is 0.208 e. The first-order valence-corrected chi connectivity index (χ1v) is 5.80. The number of rotatable bonds is 6. The minimum atomic E-state index is -0.647. The van der Waals surface area contributed by atoms with Crippen molar-refractivity contribution in [2.24, 2.45) is 0 Å². The Morgan fingerprint density at radius 3 is 2.68 bits per heavy atom. The fourth-order valence-corrected chi connectivity index (χ4v) is 1.59. The van der Waals surface area contributed by atoms with Crippen molar-refractivity contribution < 1.29 is 17.9 Å². The molecule has 1 aromatic carbocycles. The van der Waals surface area contributed by atoms with E-state index in [0.717, 1.165) is 6.07 Å². The van der Waals surface area contributed by atoms with E-state index in [2.05, 4.69) is 10.3 Å². The number of hydrogen-bond acceptors (Lipinski definition) is 4. The quantitative estimate of drug-likeness (QED) is 0.817. The van der Waals surface area contributed by atoms with Crippen LogP contribution in [-0.2, 0) is 11.3 Å². The van der Waals surface area contributed by atoms with Crippen LogP contribution in [0.4, 0.5) is 8.78 Å². The zero-order valence-electron chi connectivity index (χ0n) is 10.5. The van der Waals surface area contributed by atoms with Crippen LogP contribution >= 0.6 is 0 Å². The van der Waals surface area contributed by atoms with Crippen LogP contribution in [0.2, 0.25) is 0 Å². The molecule has 102 valence electrons. The van der Waals surface area contributed by atoms with Crippen LogP contribution in [0, 0.1) is 11.6 Å². The van der Waals surface area contributed by atoms with Gasteiger partial charge in [0.1, 0.15) is 11.6 Å². The third kappa shape index (κ3) is 3.84. The normalized spacial score (nSPS) is 10.9. The molecule has 6 heteroatoms. The number of nitrogens with zero attached hydrogens (tertiary/aromatic N) is 1. The molecule has 0 unspecified atom stereocenters. The standard InChI is InChI=1S/C13H14F2N2O2/c1-18-3-2-16-8-13-17-7-12(19-13)9-4-10(14)6-11(15)5-9/h4-7,16H,2-3,8H2,1H3. The molecule has 0 amide bonds. The molecule has 1 aromatic heterocycles. The highest BCUT2D eigenvalue weighted by molar-refractivity contribution is 5.56. The summed E-state index contributed by atoms with van der Waals surface area (Å²) < 4.78 is 36.5. The maximum absolute atomic E-state index is 13.1. The molecule has 19 heavy (non-hydrogen) atoms. The second-order valence-corrected chi connectivity index (χ2v) is 3.95.